The van der Waals surface area contributed by atoms with Gasteiger partial charge in [-0.15, -0.1) is 0 Å². The van der Waals surface area contributed by atoms with Crippen molar-refractivity contribution in [3.63, 3.8) is 0 Å². The zero-order chi connectivity index (χ0) is 15.2. The number of nitrogens with one attached hydrogen (secondary N) is 1. The molecule has 1 aliphatic rings. The zero-order valence-electron chi connectivity index (χ0n) is 12.4. The van der Waals surface area contributed by atoms with Crippen LogP contribution < -0.4 is 20.5 Å². The Balaban J connectivity index is 1.94. The van der Waals surface area contributed by atoms with Crippen molar-refractivity contribution in [3.05, 3.63) is 23.8 Å². The molecular formula is C15H22N2O4. The molecule has 6 nitrogen and oxygen atoms in total. The number of nitrogens with two attached hydrogens (primary N) is 1. The third kappa shape index (κ3) is 3.86. The van der Waals surface area contributed by atoms with E-state index < -0.39 is 6.10 Å². The molecule has 3 N–H and O–H groups in total. The van der Waals surface area contributed by atoms with E-state index in [2.05, 4.69) is 5.32 Å². The van der Waals surface area contributed by atoms with Gasteiger partial charge in [-0.05, 0) is 31.0 Å². The maximum Gasteiger partial charge on any atom is 0.249 e. The number of carbonyl (C=O) groups excluding carboxylic acids is 1. The minimum atomic E-state index is -0.407. The van der Waals surface area contributed by atoms with Gasteiger partial charge in [0.1, 0.15) is 17.6 Å². The fourth-order valence-electron chi connectivity index (χ4n) is 2.39. The van der Waals surface area contributed by atoms with Gasteiger partial charge in [0, 0.05) is 18.7 Å². The first kappa shape index (κ1) is 15.6. The van der Waals surface area contributed by atoms with Crippen molar-refractivity contribution in [1.29, 1.82) is 0 Å². The van der Waals surface area contributed by atoms with Crippen LogP contribution in [0.4, 0.5) is 0 Å². The molecule has 1 aromatic carbocycles. The molecule has 0 saturated carbocycles. The van der Waals surface area contributed by atoms with Gasteiger partial charge in [-0.3, -0.25) is 4.79 Å². The first-order chi connectivity index (χ1) is 10.2. The van der Waals surface area contributed by atoms with Crippen molar-refractivity contribution in [2.24, 2.45) is 5.73 Å². The van der Waals surface area contributed by atoms with Crippen molar-refractivity contribution < 1.29 is 19.0 Å². The molecule has 0 aromatic heterocycles. The Kier molecular flexibility index (Phi) is 5.41. The number of ether oxygens (including phenoxy) is 3. The van der Waals surface area contributed by atoms with Crippen LogP contribution in [-0.2, 0) is 16.1 Å². The van der Waals surface area contributed by atoms with Gasteiger partial charge in [0.15, 0.2) is 0 Å². The minimum absolute atomic E-state index is 0.00731. The summed E-state index contributed by atoms with van der Waals surface area (Å²) in [7, 11) is 3.20. The Morgan fingerprint density at radius 1 is 1.38 bits per heavy atom. The normalized spacial score (nSPS) is 21.1. The van der Waals surface area contributed by atoms with Crippen molar-refractivity contribution >= 4 is 5.91 Å². The summed E-state index contributed by atoms with van der Waals surface area (Å²) in [5.74, 6) is 1.32. The smallest absolute Gasteiger partial charge is 0.249 e. The zero-order valence-corrected chi connectivity index (χ0v) is 12.4. The van der Waals surface area contributed by atoms with Crippen molar-refractivity contribution in [1.82, 2.24) is 5.32 Å². The Bertz CT molecular complexity index is 493. The van der Waals surface area contributed by atoms with Crippen LogP contribution in [0.25, 0.3) is 0 Å². The molecule has 0 bridgehead atoms. The molecule has 2 unspecified atom stereocenters. The van der Waals surface area contributed by atoms with E-state index in [-0.39, 0.29) is 12.0 Å². The third-order valence-electron chi connectivity index (χ3n) is 3.60. The molecule has 2 atom stereocenters. The van der Waals surface area contributed by atoms with E-state index in [1.807, 2.05) is 18.2 Å². The van der Waals surface area contributed by atoms with Gasteiger partial charge >= 0.3 is 0 Å². The first-order valence-electron chi connectivity index (χ1n) is 7.02. The summed E-state index contributed by atoms with van der Waals surface area (Å²) >= 11 is 0. The fourth-order valence-corrected chi connectivity index (χ4v) is 2.39. The van der Waals surface area contributed by atoms with E-state index in [4.69, 9.17) is 19.9 Å². The molecule has 2 rings (SSSR count). The number of methoxy groups -OCH3 is 2. The van der Waals surface area contributed by atoms with Crippen LogP contribution in [0.15, 0.2) is 18.2 Å². The fraction of sp³-hybridized carbons (Fsp3) is 0.533. The predicted molar refractivity (Wildman–Crippen MR) is 78.3 cm³/mol. The van der Waals surface area contributed by atoms with E-state index in [0.717, 1.165) is 17.7 Å². The minimum Gasteiger partial charge on any atom is -0.497 e. The number of rotatable bonds is 6. The van der Waals surface area contributed by atoms with Crippen LogP contribution in [0, 0.1) is 0 Å². The Morgan fingerprint density at radius 2 is 2.19 bits per heavy atom. The third-order valence-corrected chi connectivity index (χ3v) is 3.60. The molecule has 21 heavy (non-hydrogen) atoms. The molecular weight excluding hydrogens is 272 g/mol. The molecule has 1 saturated heterocycles. The lowest BCUT2D eigenvalue weighted by molar-refractivity contribution is -0.132. The molecule has 1 fully saturated rings. The Hall–Kier alpha value is -1.79. The number of benzene rings is 1. The van der Waals surface area contributed by atoms with E-state index in [1.54, 1.807) is 14.2 Å². The molecule has 1 heterocycles. The predicted octanol–water partition coefficient (Wildman–Crippen LogP) is 0.826. The van der Waals surface area contributed by atoms with Crippen LogP contribution in [0.1, 0.15) is 18.4 Å². The molecule has 6 heteroatoms. The highest BCUT2D eigenvalue weighted by Crippen LogP contribution is 2.24. The molecule has 1 aliphatic heterocycles. The standard InChI is InChI=1S/C15H22N2O4/c1-19-11-3-5-13(20-2)10(7-11)9-17-15(18)14-6-4-12(8-16)21-14/h3,5,7,12,14H,4,6,8-9,16H2,1-2H3,(H,17,18). The van der Waals surface area contributed by atoms with Gasteiger partial charge in [-0.25, -0.2) is 0 Å². The van der Waals surface area contributed by atoms with Gasteiger partial charge in [0.2, 0.25) is 5.91 Å². The van der Waals surface area contributed by atoms with Crippen LogP contribution in [0.2, 0.25) is 0 Å². The molecule has 0 radical (unpaired) electrons. The van der Waals surface area contributed by atoms with E-state index >= 15 is 0 Å². The van der Waals surface area contributed by atoms with Gasteiger partial charge in [-0.1, -0.05) is 0 Å². The summed E-state index contributed by atoms with van der Waals surface area (Å²) in [6.45, 7) is 0.819. The van der Waals surface area contributed by atoms with Gasteiger partial charge in [-0.2, -0.15) is 0 Å². The van der Waals surface area contributed by atoms with E-state index in [9.17, 15) is 4.79 Å². The van der Waals surface area contributed by atoms with Gasteiger partial charge < -0.3 is 25.3 Å². The van der Waals surface area contributed by atoms with Gasteiger partial charge in [0.25, 0.3) is 0 Å². The summed E-state index contributed by atoms with van der Waals surface area (Å²) in [6, 6.07) is 5.48. The van der Waals surface area contributed by atoms with Crippen LogP contribution in [-0.4, -0.2) is 38.9 Å². The molecule has 0 aliphatic carbocycles. The van der Waals surface area contributed by atoms with Crippen molar-refractivity contribution in [2.45, 2.75) is 31.6 Å². The van der Waals surface area contributed by atoms with Crippen molar-refractivity contribution in [2.75, 3.05) is 20.8 Å². The molecule has 116 valence electrons. The summed E-state index contributed by atoms with van der Waals surface area (Å²) in [6.07, 6.45) is 1.13. The monoisotopic (exact) mass is 294 g/mol. The van der Waals surface area contributed by atoms with Crippen LogP contribution in [0.3, 0.4) is 0 Å². The quantitative estimate of drug-likeness (QED) is 0.812. The van der Waals surface area contributed by atoms with Gasteiger partial charge in [0.05, 0.1) is 20.3 Å². The molecule has 1 amide bonds. The van der Waals surface area contributed by atoms with E-state index in [1.165, 1.54) is 0 Å². The summed E-state index contributed by atoms with van der Waals surface area (Å²) in [4.78, 5) is 12.1. The second-order valence-corrected chi connectivity index (χ2v) is 4.96. The summed E-state index contributed by atoms with van der Waals surface area (Å²) in [5.41, 5.74) is 6.40. The number of hydrogen-bond acceptors (Lipinski definition) is 5. The molecule has 1 aromatic rings. The summed E-state index contributed by atoms with van der Waals surface area (Å²) in [5, 5.41) is 2.87. The van der Waals surface area contributed by atoms with Crippen LogP contribution in [0.5, 0.6) is 11.5 Å². The average molecular weight is 294 g/mol. The second-order valence-electron chi connectivity index (χ2n) is 4.96. The van der Waals surface area contributed by atoms with Crippen molar-refractivity contribution in [3.8, 4) is 11.5 Å². The maximum absolute atomic E-state index is 12.1. The number of amides is 1. The SMILES string of the molecule is COc1ccc(OC)c(CNC(=O)C2CCC(CN)O2)c1. The highest BCUT2D eigenvalue weighted by atomic mass is 16.5. The van der Waals surface area contributed by atoms with Crippen LogP contribution >= 0.6 is 0 Å². The lowest BCUT2D eigenvalue weighted by Gasteiger charge is -2.14. The largest absolute Gasteiger partial charge is 0.497 e. The summed E-state index contributed by atoms with van der Waals surface area (Å²) < 4.78 is 16.0. The Labute approximate surface area is 124 Å². The lowest BCUT2D eigenvalue weighted by atomic mass is 10.1. The highest BCUT2D eigenvalue weighted by molar-refractivity contribution is 5.81. The lowest BCUT2D eigenvalue weighted by Crippen LogP contribution is -2.35. The number of carbonyl (C=O) groups is 1. The maximum atomic E-state index is 12.1. The first-order valence-corrected chi connectivity index (χ1v) is 7.02. The average Bonchev–Trinajstić information content (AvgIpc) is 3.01. The Morgan fingerprint density at radius 3 is 2.81 bits per heavy atom. The second kappa shape index (κ2) is 7.28. The number of hydrogen-bond donors (Lipinski definition) is 2. The topological polar surface area (TPSA) is 82.8 Å². The highest BCUT2D eigenvalue weighted by Gasteiger charge is 2.29. The van der Waals surface area contributed by atoms with E-state index in [0.29, 0.717) is 25.3 Å². The molecule has 0 spiro atoms.